The molecular weight excluding hydrogens is 180 g/mol. The van der Waals surface area contributed by atoms with E-state index in [0.717, 1.165) is 30.7 Å². The van der Waals surface area contributed by atoms with Gasteiger partial charge in [0.1, 0.15) is 0 Å². The molecule has 0 amide bonds. The predicted octanol–water partition coefficient (Wildman–Crippen LogP) is 4.06. The third kappa shape index (κ3) is 2.73. The average Bonchev–Trinajstić information content (AvgIpc) is 2.15. The largest absolute Gasteiger partial charge is 0.0840 e. The third-order valence-electron chi connectivity index (χ3n) is 2.27. The van der Waals surface area contributed by atoms with Crippen LogP contribution in [0.1, 0.15) is 30.9 Å². The van der Waals surface area contributed by atoms with Crippen molar-refractivity contribution in [3.63, 3.8) is 0 Å². The first-order chi connectivity index (χ1) is 6.29. The zero-order chi connectivity index (χ0) is 9.68. The molecule has 1 aromatic rings. The molecule has 0 spiro atoms. The van der Waals surface area contributed by atoms with Crippen LogP contribution in [-0.4, -0.2) is 0 Å². The highest BCUT2D eigenvalue weighted by Gasteiger charge is 2.03. The molecule has 1 radical (unpaired) electrons. The monoisotopic (exact) mass is 195 g/mol. The Morgan fingerprint density at radius 3 is 2.77 bits per heavy atom. The van der Waals surface area contributed by atoms with Gasteiger partial charge in [-0.1, -0.05) is 44.0 Å². The number of hydrogen-bond acceptors (Lipinski definition) is 0. The first-order valence-electron chi connectivity index (χ1n) is 4.85. The molecule has 0 atom stereocenters. The lowest BCUT2D eigenvalue weighted by Crippen LogP contribution is -1.93. The minimum atomic E-state index is 0.910. The minimum Gasteiger partial charge on any atom is -0.0840 e. The highest BCUT2D eigenvalue weighted by atomic mass is 35.5. The van der Waals surface area contributed by atoms with Crippen molar-refractivity contribution in [2.75, 3.05) is 0 Å². The van der Waals surface area contributed by atoms with Crippen molar-refractivity contribution in [1.82, 2.24) is 0 Å². The first kappa shape index (κ1) is 10.6. The number of halogens is 1. The molecule has 0 aromatic heterocycles. The summed E-state index contributed by atoms with van der Waals surface area (Å²) >= 11 is 6.12. The summed E-state index contributed by atoms with van der Waals surface area (Å²) in [5.41, 5.74) is 2.69. The fraction of sp³-hybridized carbons (Fsp3) is 0.417. The summed E-state index contributed by atoms with van der Waals surface area (Å²) in [7, 11) is 0. The molecule has 0 saturated heterocycles. The first-order valence-corrected chi connectivity index (χ1v) is 5.23. The van der Waals surface area contributed by atoms with E-state index < -0.39 is 0 Å². The zero-order valence-electron chi connectivity index (χ0n) is 8.15. The van der Waals surface area contributed by atoms with E-state index in [-0.39, 0.29) is 0 Å². The Morgan fingerprint density at radius 1 is 1.38 bits per heavy atom. The van der Waals surface area contributed by atoms with Gasteiger partial charge in [-0.05, 0) is 36.5 Å². The van der Waals surface area contributed by atoms with Gasteiger partial charge in [-0.15, -0.1) is 0 Å². The van der Waals surface area contributed by atoms with Crippen LogP contribution in [0.2, 0.25) is 5.02 Å². The summed E-state index contributed by atoms with van der Waals surface area (Å²) in [4.78, 5) is 0. The molecule has 0 bridgehead atoms. The molecule has 1 heteroatoms. The van der Waals surface area contributed by atoms with Crippen LogP contribution in [0.25, 0.3) is 0 Å². The Bertz CT molecular complexity index is 266. The number of aryl methyl sites for hydroxylation is 1. The fourth-order valence-corrected chi connectivity index (χ4v) is 1.80. The molecule has 0 aliphatic rings. The smallest absolute Gasteiger partial charge is 0.0440 e. The topological polar surface area (TPSA) is 0 Å². The van der Waals surface area contributed by atoms with Gasteiger partial charge in [0.05, 0.1) is 0 Å². The van der Waals surface area contributed by atoms with E-state index in [0.29, 0.717) is 0 Å². The lowest BCUT2D eigenvalue weighted by molar-refractivity contribution is 0.829. The molecule has 13 heavy (non-hydrogen) atoms. The molecule has 0 nitrogen and oxygen atoms in total. The Kier molecular flexibility index (Phi) is 4.31. The quantitative estimate of drug-likeness (QED) is 0.680. The van der Waals surface area contributed by atoms with Gasteiger partial charge in [-0.3, -0.25) is 0 Å². The van der Waals surface area contributed by atoms with Crippen LogP contribution in [0.3, 0.4) is 0 Å². The van der Waals surface area contributed by atoms with E-state index in [1.54, 1.807) is 0 Å². The Morgan fingerprint density at radius 2 is 2.15 bits per heavy atom. The van der Waals surface area contributed by atoms with Crippen LogP contribution in [0.5, 0.6) is 0 Å². The summed E-state index contributed by atoms with van der Waals surface area (Å²) in [5, 5.41) is 0.910. The maximum Gasteiger partial charge on any atom is 0.0440 e. The van der Waals surface area contributed by atoms with Crippen molar-refractivity contribution >= 4 is 11.6 Å². The summed E-state index contributed by atoms with van der Waals surface area (Å²) in [6, 6.07) is 6.15. The second-order valence-corrected chi connectivity index (χ2v) is 3.60. The lowest BCUT2D eigenvalue weighted by atomic mass is 10.0. The molecule has 0 fully saturated rings. The van der Waals surface area contributed by atoms with Crippen LogP contribution < -0.4 is 0 Å². The number of hydrogen-bond donors (Lipinski definition) is 0. The van der Waals surface area contributed by atoms with Gasteiger partial charge < -0.3 is 0 Å². The summed E-state index contributed by atoms with van der Waals surface area (Å²) in [5.74, 6) is 0. The van der Waals surface area contributed by atoms with Gasteiger partial charge in [0, 0.05) is 5.02 Å². The van der Waals surface area contributed by atoms with Crippen LogP contribution in [0.15, 0.2) is 18.2 Å². The van der Waals surface area contributed by atoms with Gasteiger partial charge in [0.15, 0.2) is 0 Å². The predicted molar refractivity (Wildman–Crippen MR) is 59.1 cm³/mol. The average molecular weight is 196 g/mol. The highest BCUT2D eigenvalue weighted by molar-refractivity contribution is 6.31. The fourth-order valence-electron chi connectivity index (χ4n) is 1.52. The summed E-state index contributed by atoms with van der Waals surface area (Å²) in [6.45, 7) is 6.01. The van der Waals surface area contributed by atoms with E-state index in [4.69, 9.17) is 11.6 Å². The molecular formula is C12H16Cl. The van der Waals surface area contributed by atoms with E-state index >= 15 is 0 Å². The Balaban J connectivity index is 2.87. The highest BCUT2D eigenvalue weighted by Crippen LogP contribution is 2.22. The van der Waals surface area contributed by atoms with Gasteiger partial charge in [0.25, 0.3) is 0 Å². The Hall–Kier alpha value is -0.490. The molecule has 1 rings (SSSR count). The van der Waals surface area contributed by atoms with Crippen molar-refractivity contribution in [3.8, 4) is 0 Å². The van der Waals surface area contributed by atoms with Gasteiger partial charge >= 0.3 is 0 Å². The summed E-state index contributed by atoms with van der Waals surface area (Å²) < 4.78 is 0. The SMILES string of the molecule is [CH2]CCCc1c(Cl)cccc1CC. The van der Waals surface area contributed by atoms with Gasteiger partial charge in [-0.2, -0.15) is 0 Å². The molecule has 0 unspecified atom stereocenters. The molecule has 0 heterocycles. The second-order valence-electron chi connectivity index (χ2n) is 3.19. The molecule has 0 aliphatic carbocycles. The number of rotatable bonds is 4. The van der Waals surface area contributed by atoms with Crippen molar-refractivity contribution in [1.29, 1.82) is 0 Å². The van der Waals surface area contributed by atoms with E-state index in [9.17, 15) is 0 Å². The van der Waals surface area contributed by atoms with E-state index in [1.807, 2.05) is 12.1 Å². The second kappa shape index (κ2) is 5.29. The minimum absolute atomic E-state index is 0.910. The summed E-state index contributed by atoms with van der Waals surface area (Å²) in [6.07, 6.45) is 4.23. The number of unbranched alkanes of at least 4 members (excludes halogenated alkanes) is 1. The normalized spacial score (nSPS) is 10.4. The van der Waals surface area contributed by atoms with E-state index in [1.165, 1.54) is 11.1 Å². The van der Waals surface area contributed by atoms with Crippen LogP contribution in [-0.2, 0) is 12.8 Å². The van der Waals surface area contributed by atoms with Crippen molar-refractivity contribution in [2.45, 2.75) is 32.6 Å². The van der Waals surface area contributed by atoms with Crippen LogP contribution in [0, 0.1) is 6.92 Å². The standard InChI is InChI=1S/C12H16Cl/c1-3-5-8-11-10(4-2)7-6-9-12(11)13/h6-7,9H,1,3-5,8H2,2H3. The lowest BCUT2D eigenvalue weighted by Gasteiger charge is -2.08. The third-order valence-corrected chi connectivity index (χ3v) is 2.63. The number of benzene rings is 1. The van der Waals surface area contributed by atoms with Crippen LogP contribution in [0.4, 0.5) is 0 Å². The molecule has 0 saturated carbocycles. The maximum atomic E-state index is 6.12. The van der Waals surface area contributed by atoms with Crippen LogP contribution >= 0.6 is 11.6 Å². The van der Waals surface area contributed by atoms with Crippen molar-refractivity contribution < 1.29 is 0 Å². The maximum absolute atomic E-state index is 6.12. The van der Waals surface area contributed by atoms with E-state index in [2.05, 4.69) is 19.9 Å². The van der Waals surface area contributed by atoms with Crippen molar-refractivity contribution in [2.24, 2.45) is 0 Å². The molecule has 0 N–H and O–H groups in total. The Labute approximate surface area is 85.9 Å². The van der Waals surface area contributed by atoms with Crippen molar-refractivity contribution in [3.05, 3.63) is 41.3 Å². The zero-order valence-corrected chi connectivity index (χ0v) is 8.90. The molecule has 71 valence electrons. The van der Waals surface area contributed by atoms with Gasteiger partial charge in [-0.25, -0.2) is 0 Å². The molecule has 1 aromatic carbocycles. The molecule has 0 aliphatic heterocycles. The van der Waals surface area contributed by atoms with Gasteiger partial charge in [0.2, 0.25) is 0 Å².